The number of nitrogens with zero attached hydrogens (tertiary/aromatic N) is 1. The summed E-state index contributed by atoms with van der Waals surface area (Å²) < 4.78 is 6.26. The number of methoxy groups -OCH3 is 1. The fourth-order valence-electron chi connectivity index (χ4n) is 2.82. The maximum absolute atomic E-state index is 12.3. The van der Waals surface area contributed by atoms with Crippen LogP contribution in [0.15, 0.2) is 65.6 Å². The quantitative estimate of drug-likeness (QED) is 0.434. The number of carbonyl (C=O) groups excluding carboxylic acids is 1. The average molecular weight is 395 g/mol. The minimum Gasteiger partial charge on any atom is -0.497 e. The maximum Gasteiger partial charge on any atom is 0.226 e. The first-order valence-electron chi connectivity index (χ1n) is 8.58. The van der Waals surface area contributed by atoms with Gasteiger partial charge in [-0.2, -0.15) is 0 Å². The Labute approximate surface area is 165 Å². The first-order chi connectivity index (χ1) is 13.2. The molecule has 4 nitrogen and oxygen atoms in total. The van der Waals surface area contributed by atoms with Crippen molar-refractivity contribution in [3.63, 3.8) is 0 Å². The second-order valence-electron chi connectivity index (χ2n) is 5.98. The van der Waals surface area contributed by atoms with E-state index in [4.69, 9.17) is 4.74 Å². The Hall–Kier alpha value is -2.57. The number of hydrogen-bond donors (Lipinski definition) is 1. The van der Waals surface area contributed by atoms with E-state index in [1.807, 2.05) is 42.5 Å². The zero-order valence-corrected chi connectivity index (χ0v) is 16.4. The van der Waals surface area contributed by atoms with E-state index in [0.29, 0.717) is 17.3 Å². The van der Waals surface area contributed by atoms with E-state index in [1.165, 1.54) is 22.1 Å². The molecule has 0 unspecified atom stereocenters. The summed E-state index contributed by atoms with van der Waals surface area (Å²) in [5, 5.41) is 5.94. The number of benzene rings is 3. The summed E-state index contributed by atoms with van der Waals surface area (Å²) in [5.41, 5.74) is 0.918. The molecule has 0 aliphatic rings. The summed E-state index contributed by atoms with van der Waals surface area (Å²) in [4.78, 5) is 17.9. The highest BCUT2D eigenvalue weighted by atomic mass is 32.2. The van der Waals surface area contributed by atoms with Crippen molar-refractivity contribution in [2.75, 3.05) is 18.2 Å². The van der Waals surface area contributed by atoms with Crippen molar-refractivity contribution >= 4 is 55.1 Å². The molecule has 1 aromatic heterocycles. The predicted octanol–water partition coefficient (Wildman–Crippen LogP) is 5.58. The Morgan fingerprint density at radius 3 is 2.74 bits per heavy atom. The van der Waals surface area contributed by atoms with Crippen LogP contribution in [0.25, 0.3) is 21.0 Å². The van der Waals surface area contributed by atoms with Crippen LogP contribution in [-0.4, -0.2) is 23.8 Å². The van der Waals surface area contributed by atoms with E-state index in [9.17, 15) is 4.79 Å². The van der Waals surface area contributed by atoms with Crippen LogP contribution in [-0.2, 0) is 4.79 Å². The second kappa shape index (κ2) is 7.98. The third-order valence-electron chi connectivity index (χ3n) is 4.18. The van der Waals surface area contributed by atoms with Crippen LogP contribution in [0.2, 0.25) is 0 Å². The number of thioether (sulfide) groups is 1. The molecule has 3 aromatic carbocycles. The molecule has 0 saturated heterocycles. The third kappa shape index (κ3) is 4.07. The monoisotopic (exact) mass is 394 g/mol. The normalized spacial score (nSPS) is 11.0. The van der Waals surface area contributed by atoms with Gasteiger partial charge in [0.2, 0.25) is 5.91 Å². The molecule has 27 heavy (non-hydrogen) atoms. The SMILES string of the molecule is COc1ccc(SCCC(=O)Nc2nc3ccc4ccccc4c3s2)cc1. The molecule has 4 aromatic rings. The van der Waals surface area contributed by atoms with Gasteiger partial charge in [0.1, 0.15) is 5.75 Å². The fraction of sp³-hybridized carbons (Fsp3) is 0.143. The number of hydrogen-bond acceptors (Lipinski definition) is 5. The summed E-state index contributed by atoms with van der Waals surface area (Å²) in [5.74, 6) is 1.53. The summed E-state index contributed by atoms with van der Waals surface area (Å²) in [6.45, 7) is 0. The van der Waals surface area contributed by atoms with Gasteiger partial charge in [0.25, 0.3) is 0 Å². The van der Waals surface area contributed by atoms with Crippen LogP contribution in [0.1, 0.15) is 6.42 Å². The Kier molecular flexibility index (Phi) is 5.27. The molecule has 1 heterocycles. The molecule has 1 amide bonds. The number of carbonyl (C=O) groups is 1. The molecule has 0 atom stereocenters. The van der Waals surface area contributed by atoms with Gasteiger partial charge in [0.05, 0.1) is 17.3 Å². The van der Waals surface area contributed by atoms with Gasteiger partial charge < -0.3 is 10.1 Å². The zero-order valence-electron chi connectivity index (χ0n) is 14.8. The third-order valence-corrected chi connectivity index (χ3v) is 6.22. The van der Waals surface area contributed by atoms with Gasteiger partial charge in [-0.25, -0.2) is 4.98 Å². The van der Waals surface area contributed by atoms with Crippen LogP contribution in [0.3, 0.4) is 0 Å². The minimum absolute atomic E-state index is 0.0145. The van der Waals surface area contributed by atoms with Gasteiger partial charge in [-0.15, -0.1) is 11.8 Å². The number of anilines is 1. The lowest BCUT2D eigenvalue weighted by molar-refractivity contribution is -0.115. The number of nitrogens with one attached hydrogen (secondary N) is 1. The van der Waals surface area contributed by atoms with E-state index >= 15 is 0 Å². The predicted molar refractivity (Wildman–Crippen MR) is 114 cm³/mol. The number of rotatable bonds is 6. The Bertz CT molecular complexity index is 1090. The van der Waals surface area contributed by atoms with Gasteiger partial charge in [-0.05, 0) is 35.7 Å². The number of amides is 1. The fourth-order valence-corrected chi connectivity index (χ4v) is 4.69. The summed E-state index contributed by atoms with van der Waals surface area (Å²) in [7, 11) is 1.65. The zero-order chi connectivity index (χ0) is 18.6. The van der Waals surface area contributed by atoms with Crippen LogP contribution < -0.4 is 10.1 Å². The Morgan fingerprint density at radius 1 is 1.11 bits per heavy atom. The second-order valence-corrected chi connectivity index (χ2v) is 8.14. The molecule has 0 fully saturated rings. The van der Waals surface area contributed by atoms with Crippen molar-refractivity contribution in [3.05, 3.63) is 60.7 Å². The standard InChI is InChI=1S/C21H18N2O2S2/c1-25-15-7-9-16(10-8-15)26-13-12-19(24)23-21-22-18-11-6-14-4-2-3-5-17(14)20(18)27-21/h2-11H,12-13H2,1H3,(H,22,23,24). The van der Waals surface area contributed by atoms with Crippen LogP contribution in [0.4, 0.5) is 5.13 Å². The molecule has 0 radical (unpaired) electrons. The van der Waals surface area contributed by atoms with Gasteiger partial charge in [0, 0.05) is 22.5 Å². The van der Waals surface area contributed by atoms with E-state index in [1.54, 1.807) is 18.9 Å². The number of ether oxygens (including phenoxy) is 1. The van der Waals surface area contributed by atoms with E-state index in [-0.39, 0.29) is 5.91 Å². The molecule has 6 heteroatoms. The molecular weight excluding hydrogens is 376 g/mol. The molecule has 0 spiro atoms. The number of aromatic nitrogens is 1. The topological polar surface area (TPSA) is 51.2 Å². The van der Waals surface area contributed by atoms with Crippen molar-refractivity contribution in [2.24, 2.45) is 0 Å². The maximum atomic E-state index is 12.3. The molecular formula is C21H18N2O2S2. The first kappa shape index (κ1) is 17.8. The van der Waals surface area contributed by atoms with Crippen molar-refractivity contribution in [1.82, 2.24) is 4.98 Å². The molecule has 0 saturated carbocycles. The smallest absolute Gasteiger partial charge is 0.226 e. The Balaban J connectivity index is 1.38. The summed E-state index contributed by atoms with van der Waals surface area (Å²) in [6.07, 6.45) is 0.438. The molecule has 0 aliphatic heterocycles. The molecule has 0 bridgehead atoms. The lowest BCUT2D eigenvalue weighted by Gasteiger charge is -2.04. The highest BCUT2D eigenvalue weighted by molar-refractivity contribution is 7.99. The molecule has 136 valence electrons. The summed E-state index contributed by atoms with van der Waals surface area (Å²) in [6, 6.07) is 20.1. The average Bonchev–Trinajstić information content (AvgIpc) is 3.11. The van der Waals surface area contributed by atoms with Gasteiger partial charge in [-0.3, -0.25) is 4.79 Å². The van der Waals surface area contributed by atoms with Crippen LogP contribution >= 0.6 is 23.1 Å². The van der Waals surface area contributed by atoms with Gasteiger partial charge in [0.15, 0.2) is 5.13 Å². The van der Waals surface area contributed by atoms with Gasteiger partial charge in [-0.1, -0.05) is 41.7 Å². The van der Waals surface area contributed by atoms with Crippen molar-refractivity contribution in [3.8, 4) is 5.75 Å². The van der Waals surface area contributed by atoms with E-state index in [0.717, 1.165) is 20.9 Å². The van der Waals surface area contributed by atoms with Crippen molar-refractivity contribution in [1.29, 1.82) is 0 Å². The molecule has 4 rings (SSSR count). The Morgan fingerprint density at radius 2 is 1.93 bits per heavy atom. The molecule has 1 N–H and O–H groups in total. The lowest BCUT2D eigenvalue weighted by atomic mass is 10.1. The lowest BCUT2D eigenvalue weighted by Crippen LogP contribution is -2.11. The minimum atomic E-state index is -0.0145. The van der Waals surface area contributed by atoms with Crippen LogP contribution in [0.5, 0.6) is 5.75 Å². The largest absolute Gasteiger partial charge is 0.497 e. The highest BCUT2D eigenvalue weighted by Crippen LogP contribution is 2.32. The van der Waals surface area contributed by atoms with E-state index < -0.39 is 0 Å². The van der Waals surface area contributed by atoms with Crippen molar-refractivity contribution < 1.29 is 9.53 Å². The highest BCUT2D eigenvalue weighted by Gasteiger charge is 2.10. The number of fused-ring (bicyclic) bond motifs is 3. The summed E-state index contributed by atoms with van der Waals surface area (Å²) >= 11 is 3.18. The first-order valence-corrected chi connectivity index (χ1v) is 10.4. The van der Waals surface area contributed by atoms with Gasteiger partial charge >= 0.3 is 0 Å². The van der Waals surface area contributed by atoms with E-state index in [2.05, 4.69) is 28.5 Å². The molecule has 0 aliphatic carbocycles. The van der Waals surface area contributed by atoms with Crippen LogP contribution in [0, 0.1) is 0 Å². The van der Waals surface area contributed by atoms with Crippen molar-refractivity contribution in [2.45, 2.75) is 11.3 Å². The number of thiazole rings is 1.